The molecule has 3 aromatic carbocycles. The summed E-state index contributed by atoms with van der Waals surface area (Å²) in [6.07, 6.45) is 3.24. The van der Waals surface area contributed by atoms with E-state index in [1.807, 2.05) is 42.5 Å². The number of hydrogen-bond donors (Lipinski definition) is 2. The molecule has 4 nitrogen and oxygen atoms in total. The van der Waals surface area contributed by atoms with Gasteiger partial charge in [-0.05, 0) is 54.1 Å². The van der Waals surface area contributed by atoms with Gasteiger partial charge in [-0.2, -0.15) is 0 Å². The maximum absolute atomic E-state index is 12.2. The van der Waals surface area contributed by atoms with Crippen molar-refractivity contribution in [3.8, 4) is 0 Å². The second-order valence-corrected chi connectivity index (χ2v) is 8.11. The Balaban J connectivity index is 1.48. The second kappa shape index (κ2) is 10.9. The lowest BCUT2D eigenvalue weighted by Gasteiger charge is -2.08. The lowest BCUT2D eigenvalue weighted by Crippen LogP contribution is -2.14. The Kier molecular flexibility index (Phi) is 7.97. The van der Waals surface area contributed by atoms with Gasteiger partial charge in [0.15, 0.2) is 0 Å². The average molecular weight is 457 g/mol. The molecule has 0 aromatic heterocycles. The molecule has 152 valence electrons. The Hall–Kier alpha value is -2.73. The average Bonchev–Trinajstić information content (AvgIpc) is 2.75. The van der Waals surface area contributed by atoms with Crippen molar-refractivity contribution in [1.29, 1.82) is 0 Å². The molecule has 2 amide bonds. The number of nitrogens with one attached hydrogen (secondary N) is 2. The highest BCUT2D eigenvalue weighted by Crippen LogP contribution is 2.26. The molecule has 0 aliphatic heterocycles. The fraction of sp³-hybridized carbons (Fsp3) is 0.0435. The van der Waals surface area contributed by atoms with Crippen LogP contribution in [0.5, 0.6) is 0 Å². The van der Waals surface area contributed by atoms with E-state index in [0.717, 1.165) is 10.5 Å². The predicted molar refractivity (Wildman–Crippen MR) is 126 cm³/mol. The summed E-state index contributed by atoms with van der Waals surface area (Å²) >= 11 is 13.4. The van der Waals surface area contributed by atoms with Crippen LogP contribution in [0, 0.1) is 0 Å². The van der Waals surface area contributed by atoms with Crippen molar-refractivity contribution in [2.75, 3.05) is 16.4 Å². The van der Waals surface area contributed by atoms with Gasteiger partial charge in [-0.15, -0.1) is 11.8 Å². The minimum absolute atomic E-state index is 0.187. The van der Waals surface area contributed by atoms with Crippen molar-refractivity contribution in [1.82, 2.24) is 0 Å². The SMILES string of the molecule is O=C(/C=C/c1ccccc1)Nc1ccc(SCC(=O)Nc2cc(Cl)ccc2Cl)cc1. The zero-order valence-electron chi connectivity index (χ0n) is 15.8. The van der Waals surface area contributed by atoms with Crippen LogP contribution in [0.2, 0.25) is 10.0 Å². The summed E-state index contributed by atoms with van der Waals surface area (Å²) in [4.78, 5) is 25.1. The van der Waals surface area contributed by atoms with Crippen molar-refractivity contribution in [2.45, 2.75) is 4.90 Å². The summed E-state index contributed by atoms with van der Waals surface area (Å²) in [7, 11) is 0. The first-order valence-corrected chi connectivity index (χ1v) is 10.8. The molecule has 3 rings (SSSR count). The Morgan fingerprint density at radius 3 is 2.37 bits per heavy atom. The number of hydrogen-bond acceptors (Lipinski definition) is 3. The number of carbonyl (C=O) groups excluding carboxylic acids is 2. The normalized spacial score (nSPS) is 10.7. The first-order chi connectivity index (χ1) is 14.5. The van der Waals surface area contributed by atoms with E-state index in [-0.39, 0.29) is 17.6 Å². The summed E-state index contributed by atoms with van der Waals surface area (Å²) in [5.41, 5.74) is 2.12. The summed E-state index contributed by atoms with van der Waals surface area (Å²) in [6, 6.07) is 21.8. The first kappa shape index (κ1) is 22.0. The molecule has 3 aromatic rings. The molecule has 0 aliphatic carbocycles. The highest BCUT2D eigenvalue weighted by molar-refractivity contribution is 8.00. The van der Waals surface area contributed by atoms with Crippen LogP contribution in [-0.2, 0) is 9.59 Å². The van der Waals surface area contributed by atoms with Crippen LogP contribution in [0.3, 0.4) is 0 Å². The van der Waals surface area contributed by atoms with Crippen LogP contribution in [0.4, 0.5) is 11.4 Å². The number of amides is 2. The maximum Gasteiger partial charge on any atom is 0.248 e. The minimum atomic E-state index is -0.211. The minimum Gasteiger partial charge on any atom is -0.324 e. The zero-order chi connectivity index (χ0) is 21.3. The second-order valence-electron chi connectivity index (χ2n) is 6.22. The third-order valence-corrected chi connectivity index (χ3v) is 5.50. The molecule has 0 saturated heterocycles. The van der Waals surface area contributed by atoms with Crippen LogP contribution in [0.25, 0.3) is 6.08 Å². The van der Waals surface area contributed by atoms with Gasteiger partial charge in [-0.1, -0.05) is 53.5 Å². The number of halogens is 2. The summed E-state index contributed by atoms with van der Waals surface area (Å²) in [6.45, 7) is 0. The third kappa shape index (κ3) is 6.95. The van der Waals surface area contributed by atoms with E-state index >= 15 is 0 Å². The quantitative estimate of drug-likeness (QED) is 0.320. The smallest absolute Gasteiger partial charge is 0.248 e. The standard InChI is InChI=1S/C23H18Cl2N2O2S/c24-17-7-12-20(25)21(14-17)27-23(29)15-30-19-10-8-18(9-11-19)26-22(28)13-6-16-4-2-1-3-5-16/h1-14H,15H2,(H,26,28)(H,27,29)/b13-6+. The molecular weight excluding hydrogens is 439 g/mol. The largest absolute Gasteiger partial charge is 0.324 e. The van der Waals surface area contributed by atoms with Gasteiger partial charge in [0.2, 0.25) is 11.8 Å². The van der Waals surface area contributed by atoms with Crippen LogP contribution < -0.4 is 10.6 Å². The molecule has 0 atom stereocenters. The molecule has 0 radical (unpaired) electrons. The van der Waals surface area contributed by atoms with E-state index in [1.54, 1.807) is 36.4 Å². The number of carbonyl (C=O) groups is 2. The molecule has 0 aliphatic rings. The summed E-state index contributed by atoms with van der Waals surface area (Å²) in [5.74, 6) is -0.182. The Morgan fingerprint density at radius 1 is 0.900 bits per heavy atom. The number of benzene rings is 3. The van der Waals surface area contributed by atoms with Gasteiger partial charge in [0.1, 0.15) is 0 Å². The van der Waals surface area contributed by atoms with Crippen molar-refractivity contribution in [2.24, 2.45) is 0 Å². The molecule has 7 heteroatoms. The highest BCUT2D eigenvalue weighted by Gasteiger charge is 2.08. The molecule has 0 spiro atoms. The lowest BCUT2D eigenvalue weighted by atomic mass is 10.2. The molecule has 0 saturated carbocycles. The Labute approximate surface area is 189 Å². The number of anilines is 2. The molecule has 0 bridgehead atoms. The van der Waals surface area contributed by atoms with Crippen LogP contribution in [-0.4, -0.2) is 17.6 Å². The van der Waals surface area contributed by atoms with Crippen LogP contribution >= 0.6 is 35.0 Å². The summed E-state index contributed by atoms with van der Waals surface area (Å²) < 4.78 is 0. The van der Waals surface area contributed by atoms with E-state index in [4.69, 9.17) is 23.2 Å². The van der Waals surface area contributed by atoms with Crippen LogP contribution in [0.15, 0.2) is 83.8 Å². The van der Waals surface area contributed by atoms with Gasteiger partial charge in [-0.3, -0.25) is 9.59 Å². The van der Waals surface area contributed by atoms with Gasteiger partial charge < -0.3 is 10.6 Å². The van der Waals surface area contributed by atoms with Gasteiger partial charge in [0.05, 0.1) is 16.5 Å². The van der Waals surface area contributed by atoms with Gasteiger partial charge in [0, 0.05) is 21.7 Å². The zero-order valence-corrected chi connectivity index (χ0v) is 18.1. The van der Waals surface area contributed by atoms with Crippen molar-refractivity contribution >= 4 is 64.2 Å². The fourth-order valence-corrected chi connectivity index (χ4v) is 3.52. The van der Waals surface area contributed by atoms with E-state index in [1.165, 1.54) is 17.8 Å². The predicted octanol–water partition coefficient (Wildman–Crippen LogP) is 6.38. The molecule has 2 N–H and O–H groups in total. The molecule has 0 fully saturated rings. The monoisotopic (exact) mass is 456 g/mol. The lowest BCUT2D eigenvalue weighted by molar-refractivity contribution is -0.114. The van der Waals surface area contributed by atoms with E-state index < -0.39 is 0 Å². The van der Waals surface area contributed by atoms with Crippen molar-refractivity contribution in [3.63, 3.8) is 0 Å². The molecule has 0 unspecified atom stereocenters. The van der Waals surface area contributed by atoms with Gasteiger partial charge >= 0.3 is 0 Å². The van der Waals surface area contributed by atoms with E-state index in [2.05, 4.69) is 10.6 Å². The Morgan fingerprint density at radius 2 is 1.63 bits per heavy atom. The number of rotatable bonds is 7. The maximum atomic E-state index is 12.2. The molecule has 0 heterocycles. The topological polar surface area (TPSA) is 58.2 Å². The fourth-order valence-electron chi connectivity index (χ4n) is 2.48. The third-order valence-electron chi connectivity index (χ3n) is 3.92. The van der Waals surface area contributed by atoms with Gasteiger partial charge in [0.25, 0.3) is 0 Å². The van der Waals surface area contributed by atoms with Crippen molar-refractivity contribution in [3.05, 3.63) is 94.5 Å². The Bertz CT molecular complexity index is 1050. The number of thioether (sulfide) groups is 1. The highest BCUT2D eigenvalue weighted by atomic mass is 35.5. The van der Waals surface area contributed by atoms with Crippen LogP contribution in [0.1, 0.15) is 5.56 Å². The summed E-state index contributed by atoms with van der Waals surface area (Å²) in [5, 5.41) is 6.48. The van der Waals surface area contributed by atoms with E-state index in [0.29, 0.717) is 21.4 Å². The first-order valence-electron chi connectivity index (χ1n) is 9.01. The van der Waals surface area contributed by atoms with E-state index in [9.17, 15) is 9.59 Å². The molecule has 30 heavy (non-hydrogen) atoms. The van der Waals surface area contributed by atoms with Crippen molar-refractivity contribution < 1.29 is 9.59 Å². The molecular formula is C23H18Cl2N2O2S. The van der Waals surface area contributed by atoms with Gasteiger partial charge in [-0.25, -0.2) is 0 Å².